The molecular formula is C18H17ClN2O5. The van der Waals surface area contributed by atoms with Crippen LogP contribution in [0.2, 0.25) is 5.02 Å². The summed E-state index contributed by atoms with van der Waals surface area (Å²) in [4.78, 5) is 34.6. The van der Waals surface area contributed by atoms with E-state index in [2.05, 4.69) is 5.32 Å². The lowest BCUT2D eigenvalue weighted by Crippen LogP contribution is -2.22. The number of nitrogens with one attached hydrogen (secondary N) is 1. The number of benzene rings is 2. The maximum atomic E-state index is 12.3. The number of nitro groups is 1. The van der Waals surface area contributed by atoms with Crippen molar-refractivity contribution in [2.24, 2.45) is 0 Å². The van der Waals surface area contributed by atoms with Crippen LogP contribution in [0, 0.1) is 30.9 Å². The maximum absolute atomic E-state index is 12.3. The van der Waals surface area contributed by atoms with Crippen LogP contribution in [0.15, 0.2) is 30.3 Å². The molecule has 26 heavy (non-hydrogen) atoms. The molecule has 7 nitrogen and oxygen atoms in total. The molecular weight excluding hydrogens is 360 g/mol. The first-order valence-electron chi connectivity index (χ1n) is 7.68. The molecule has 0 aliphatic rings. The standard InChI is InChI=1S/C18H17ClN2O5/c1-10-6-11(2)17(12(3)7-10)18(23)26-9-16(22)20-14-8-13(19)4-5-15(14)21(24)25/h4-8H,9H2,1-3H3,(H,20,22). The molecule has 136 valence electrons. The lowest BCUT2D eigenvalue weighted by Gasteiger charge is -2.11. The van der Waals surface area contributed by atoms with E-state index in [1.54, 1.807) is 13.8 Å². The van der Waals surface area contributed by atoms with Crippen LogP contribution >= 0.6 is 11.6 Å². The zero-order valence-electron chi connectivity index (χ0n) is 14.5. The summed E-state index contributed by atoms with van der Waals surface area (Å²) in [5.74, 6) is -1.33. The average Bonchev–Trinajstić information content (AvgIpc) is 2.51. The number of nitrogens with zero attached hydrogens (tertiary/aromatic N) is 1. The Bertz CT molecular complexity index is 872. The predicted molar refractivity (Wildman–Crippen MR) is 97.7 cm³/mol. The first kappa shape index (κ1) is 19.4. The predicted octanol–water partition coefficient (Wildman–Crippen LogP) is 3.97. The molecule has 0 heterocycles. The van der Waals surface area contributed by atoms with Crippen molar-refractivity contribution in [2.45, 2.75) is 20.8 Å². The molecule has 1 N–H and O–H groups in total. The molecule has 0 saturated carbocycles. The lowest BCUT2D eigenvalue weighted by molar-refractivity contribution is -0.383. The first-order chi connectivity index (χ1) is 12.2. The van der Waals surface area contributed by atoms with E-state index in [-0.39, 0.29) is 16.4 Å². The van der Waals surface area contributed by atoms with Gasteiger partial charge >= 0.3 is 5.97 Å². The molecule has 0 fully saturated rings. The van der Waals surface area contributed by atoms with Gasteiger partial charge in [-0.15, -0.1) is 0 Å². The highest BCUT2D eigenvalue weighted by molar-refractivity contribution is 6.31. The SMILES string of the molecule is Cc1cc(C)c(C(=O)OCC(=O)Nc2cc(Cl)ccc2[N+](=O)[O-])c(C)c1. The number of hydrogen-bond donors (Lipinski definition) is 1. The van der Waals surface area contributed by atoms with Crippen LogP contribution in [0.5, 0.6) is 0 Å². The molecule has 0 unspecified atom stereocenters. The molecule has 1 amide bonds. The van der Waals surface area contributed by atoms with Crippen molar-refractivity contribution in [3.8, 4) is 0 Å². The maximum Gasteiger partial charge on any atom is 0.339 e. The molecule has 0 aromatic heterocycles. The van der Waals surface area contributed by atoms with E-state index in [0.717, 1.165) is 16.7 Å². The molecule has 0 saturated heterocycles. The summed E-state index contributed by atoms with van der Waals surface area (Å²) >= 11 is 5.80. The van der Waals surface area contributed by atoms with E-state index in [4.69, 9.17) is 16.3 Å². The number of carbonyl (C=O) groups excluding carboxylic acids is 2. The number of rotatable bonds is 5. The van der Waals surface area contributed by atoms with Crippen molar-refractivity contribution >= 4 is 34.9 Å². The highest BCUT2D eigenvalue weighted by Crippen LogP contribution is 2.27. The first-order valence-corrected chi connectivity index (χ1v) is 8.05. The number of anilines is 1. The highest BCUT2D eigenvalue weighted by Gasteiger charge is 2.19. The van der Waals surface area contributed by atoms with Crippen molar-refractivity contribution < 1.29 is 19.2 Å². The summed E-state index contributed by atoms with van der Waals surface area (Å²) in [6, 6.07) is 7.48. The Hall–Kier alpha value is -2.93. The van der Waals surface area contributed by atoms with E-state index >= 15 is 0 Å². The van der Waals surface area contributed by atoms with Crippen LogP contribution in [0.4, 0.5) is 11.4 Å². The number of nitro benzene ring substituents is 1. The minimum atomic E-state index is -0.703. The monoisotopic (exact) mass is 376 g/mol. The number of halogens is 1. The van der Waals surface area contributed by atoms with Gasteiger partial charge in [0, 0.05) is 11.1 Å². The number of amides is 1. The summed E-state index contributed by atoms with van der Waals surface area (Å²) in [6.07, 6.45) is 0. The molecule has 0 atom stereocenters. The van der Waals surface area contributed by atoms with E-state index in [0.29, 0.717) is 5.56 Å². The van der Waals surface area contributed by atoms with Crippen LogP contribution in [-0.4, -0.2) is 23.4 Å². The van der Waals surface area contributed by atoms with Gasteiger partial charge in [0.15, 0.2) is 6.61 Å². The fourth-order valence-electron chi connectivity index (χ4n) is 2.66. The third-order valence-electron chi connectivity index (χ3n) is 3.64. The third-order valence-corrected chi connectivity index (χ3v) is 3.88. The molecule has 2 aromatic rings. The number of ether oxygens (including phenoxy) is 1. The van der Waals surface area contributed by atoms with Crippen molar-refractivity contribution in [2.75, 3.05) is 11.9 Å². The smallest absolute Gasteiger partial charge is 0.339 e. The lowest BCUT2D eigenvalue weighted by atomic mass is 10.00. The van der Waals surface area contributed by atoms with Crippen molar-refractivity contribution in [1.29, 1.82) is 0 Å². The summed E-state index contributed by atoms with van der Waals surface area (Å²) in [5, 5.41) is 13.6. The number of hydrogen-bond acceptors (Lipinski definition) is 5. The van der Waals surface area contributed by atoms with Gasteiger partial charge in [-0.05, 0) is 44.0 Å². The molecule has 0 aliphatic carbocycles. The van der Waals surface area contributed by atoms with Crippen molar-refractivity contribution in [3.05, 3.63) is 67.7 Å². The molecule has 2 aromatic carbocycles. The van der Waals surface area contributed by atoms with Gasteiger partial charge in [-0.1, -0.05) is 29.3 Å². The summed E-state index contributed by atoms with van der Waals surface area (Å²) in [5.41, 5.74) is 2.54. The van der Waals surface area contributed by atoms with Crippen LogP contribution < -0.4 is 5.32 Å². The van der Waals surface area contributed by atoms with E-state index in [1.165, 1.54) is 18.2 Å². The third kappa shape index (κ3) is 4.58. The van der Waals surface area contributed by atoms with E-state index in [9.17, 15) is 19.7 Å². The van der Waals surface area contributed by atoms with Gasteiger partial charge < -0.3 is 10.1 Å². The van der Waals surface area contributed by atoms with Gasteiger partial charge in [0.05, 0.1) is 10.5 Å². The van der Waals surface area contributed by atoms with Crippen LogP contribution in [-0.2, 0) is 9.53 Å². The Kier molecular flexibility index (Phi) is 5.94. The van der Waals surface area contributed by atoms with E-state index < -0.39 is 23.4 Å². The largest absolute Gasteiger partial charge is 0.452 e. The van der Waals surface area contributed by atoms with Crippen molar-refractivity contribution in [3.63, 3.8) is 0 Å². The van der Waals surface area contributed by atoms with Crippen molar-refractivity contribution in [1.82, 2.24) is 0 Å². The Morgan fingerprint density at radius 1 is 1.15 bits per heavy atom. The zero-order valence-corrected chi connectivity index (χ0v) is 15.2. The van der Waals surface area contributed by atoms with Crippen LogP contribution in [0.3, 0.4) is 0 Å². The normalized spacial score (nSPS) is 10.3. The minimum absolute atomic E-state index is 0.0637. The molecule has 8 heteroatoms. The summed E-state index contributed by atoms with van der Waals surface area (Å²) < 4.78 is 5.04. The topological polar surface area (TPSA) is 98.5 Å². The molecule has 2 rings (SSSR count). The summed E-state index contributed by atoms with van der Waals surface area (Å²) in [7, 11) is 0. The molecule has 0 spiro atoms. The van der Waals surface area contributed by atoms with E-state index in [1.807, 2.05) is 19.1 Å². The number of esters is 1. The van der Waals surface area contributed by atoms with Crippen LogP contribution in [0.1, 0.15) is 27.0 Å². The second kappa shape index (κ2) is 7.97. The molecule has 0 bridgehead atoms. The van der Waals surface area contributed by atoms with Gasteiger partial charge in [0.25, 0.3) is 11.6 Å². The quantitative estimate of drug-likeness (QED) is 0.483. The zero-order chi connectivity index (χ0) is 19.4. The minimum Gasteiger partial charge on any atom is -0.452 e. The Labute approximate surface area is 155 Å². The second-order valence-corrected chi connectivity index (χ2v) is 6.25. The average molecular weight is 377 g/mol. The highest BCUT2D eigenvalue weighted by atomic mass is 35.5. The summed E-state index contributed by atoms with van der Waals surface area (Å²) in [6.45, 7) is 4.91. The van der Waals surface area contributed by atoms with Gasteiger partial charge in [-0.25, -0.2) is 4.79 Å². The molecule has 0 aliphatic heterocycles. The van der Waals surface area contributed by atoms with Gasteiger partial charge in [-0.3, -0.25) is 14.9 Å². The fraction of sp³-hybridized carbons (Fsp3) is 0.222. The second-order valence-electron chi connectivity index (χ2n) is 5.82. The Morgan fingerprint density at radius 3 is 2.35 bits per heavy atom. The van der Waals surface area contributed by atoms with Gasteiger partial charge in [0.1, 0.15) is 5.69 Å². The van der Waals surface area contributed by atoms with Gasteiger partial charge in [0.2, 0.25) is 0 Å². The van der Waals surface area contributed by atoms with Gasteiger partial charge in [-0.2, -0.15) is 0 Å². The number of aryl methyl sites for hydroxylation is 3. The number of carbonyl (C=O) groups is 2. The Morgan fingerprint density at radius 2 is 1.77 bits per heavy atom. The van der Waals surface area contributed by atoms with Crippen LogP contribution in [0.25, 0.3) is 0 Å². The Balaban J connectivity index is 2.07. The molecule has 0 radical (unpaired) electrons. The fourth-order valence-corrected chi connectivity index (χ4v) is 2.83.